The van der Waals surface area contributed by atoms with Crippen LogP contribution in [-0.4, -0.2) is 26.2 Å². The van der Waals surface area contributed by atoms with Crippen molar-refractivity contribution in [2.75, 3.05) is 0 Å². The fourth-order valence-electron chi connectivity index (χ4n) is 2.67. The molecule has 0 spiro atoms. The zero-order chi connectivity index (χ0) is 18.1. The number of H-pyrrole nitrogens is 1. The Balaban J connectivity index is 1.52. The highest BCUT2D eigenvalue weighted by Gasteiger charge is 2.22. The van der Waals surface area contributed by atoms with Gasteiger partial charge in [-0.2, -0.15) is 0 Å². The summed E-state index contributed by atoms with van der Waals surface area (Å²) in [5.74, 6) is 0.412. The quantitative estimate of drug-likeness (QED) is 0.377. The van der Waals surface area contributed by atoms with Crippen LogP contribution in [-0.2, 0) is 0 Å². The number of carbonyl (C=O) groups excluding carboxylic acids is 1. The maximum Gasteiger partial charge on any atom is 0.277 e. The Hall–Kier alpha value is -2.57. The van der Waals surface area contributed by atoms with Crippen LogP contribution in [0.5, 0.6) is 0 Å². The summed E-state index contributed by atoms with van der Waals surface area (Å²) < 4.78 is 5.67. The molecule has 0 saturated carbocycles. The number of halogens is 1. The number of aromatic nitrogens is 3. The predicted octanol–water partition coefficient (Wildman–Crippen LogP) is 5.23. The van der Waals surface area contributed by atoms with Crippen LogP contribution in [0.25, 0.3) is 22.4 Å². The third kappa shape index (κ3) is 3.25. The summed E-state index contributed by atoms with van der Waals surface area (Å²) in [6.07, 6.45) is 1.75. The molecule has 0 aliphatic rings. The summed E-state index contributed by atoms with van der Waals surface area (Å²) in [5, 5.41) is 9.63. The van der Waals surface area contributed by atoms with Gasteiger partial charge in [-0.3, -0.25) is 4.79 Å². The first-order valence-corrected chi connectivity index (χ1v) is 9.24. The van der Waals surface area contributed by atoms with Gasteiger partial charge < -0.3 is 9.40 Å². The molecule has 0 fully saturated rings. The zero-order valence-corrected chi connectivity index (χ0v) is 15.3. The highest BCUT2D eigenvalue weighted by atomic mass is 35.5. The van der Waals surface area contributed by atoms with Gasteiger partial charge in [0.15, 0.2) is 5.78 Å². The molecule has 26 heavy (non-hydrogen) atoms. The zero-order valence-electron chi connectivity index (χ0n) is 13.8. The normalized spacial score (nSPS) is 12.4. The molecule has 0 bridgehead atoms. The van der Waals surface area contributed by atoms with Crippen molar-refractivity contribution in [2.45, 2.75) is 17.4 Å². The number of Topliss-reactive ketones (excluding diaryl/α,β-unsaturated/α-hetero) is 1. The van der Waals surface area contributed by atoms with Crippen LogP contribution in [0.15, 0.2) is 64.4 Å². The van der Waals surface area contributed by atoms with Crippen LogP contribution in [0.1, 0.15) is 17.3 Å². The van der Waals surface area contributed by atoms with Crippen LogP contribution in [0.4, 0.5) is 0 Å². The fraction of sp³-hybridized carbons (Fsp3) is 0.105. The minimum atomic E-state index is -0.354. The third-order valence-corrected chi connectivity index (χ3v) is 5.19. The van der Waals surface area contributed by atoms with Crippen molar-refractivity contribution in [3.63, 3.8) is 0 Å². The van der Waals surface area contributed by atoms with Gasteiger partial charge >= 0.3 is 0 Å². The van der Waals surface area contributed by atoms with E-state index in [2.05, 4.69) is 15.2 Å². The number of hydrogen-bond donors (Lipinski definition) is 1. The first kappa shape index (κ1) is 16.9. The monoisotopic (exact) mass is 383 g/mol. The summed E-state index contributed by atoms with van der Waals surface area (Å²) in [7, 11) is 0. The van der Waals surface area contributed by atoms with Crippen molar-refractivity contribution >= 4 is 40.0 Å². The van der Waals surface area contributed by atoms with Gasteiger partial charge in [0.05, 0.1) is 5.25 Å². The fourth-order valence-corrected chi connectivity index (χ4v) is 3.54. The van der Waals surface area contributed by atoms with Crippen molar-refractivity contribution in [3.8, 4) is 11.5 Å². The van der Waals surface area contributed by atoms with Crippen molar-refractivity contribution < 1.29 is 9.21 Å². The number of ketones is 1. The number of nitrogens with zero attached hydrogens (tertiary/aromatic N) is 2. The van der Waals surface area contributed by atoms with E-state index >= 15 is 0 Å². The lowest BCUT2D eigenvalue weighted by Crippen LogP contribution is -2.13. The molecule has 130 valence electrons. The Morgan fingerprint density at radius 3 is 2.73 bits per heavy atom. The summed E-state index contributed by atoms with van der Waals surface area (Å²) in [4.78, 5) is 15.9. The Kier molecular flexibility index (Phi) is 4.53. The van der Waals surface area contributed by atoms with Gasteiger partial charge in [0, 0.05) is 33.2 Å². The highest BCUT2D eigenvalue weighted by molar-refractivity contribution is 8.00. The van der Waals surface area contributed by atoms with Crippen molar-refractivity contribution in [1.82, 2.24) is 15.2 Å². The minimum Gasteiger partial charge on any atom is -0.411 e. The molecule has 1 N–H and O–H groups in total. The second-order valence-electron chi connectivity index (χ2n) is 5.75. The number of aromatic amines is 1. The third-order valence-electron chi connectivity index (χ3n) is 4.00. The minimum absolute atomic E-state index is 0.0127. The molecule has 2 heterocycles. The lowest BCUT2D eigenvalue weighted by atomic mass is 10.1. The summed E-state index contributed by atoms with van der Waals surface area (Å²) in [5.41, 5.74) is 2.39. The van der Waals surface area contributed by atoms with Crippen molar-refractivity contribution in [3.05, 3.63) is 65.3 Å². The van der Waals surface area contributed by atoms with Gasteiger partial charge in [-0.1, -0.05) is 41.6 Å². The average molecular weight is 384 g/mol. The number of carbonyl (C=O) groups is 1. The van der Waals surface area contributed by atoms with Crippen LogP contribution >= 0.6 is 23.4 Å². The largest absolute Gasteiger partial charge is 0.411 e. The van der Waals surface area contributed by atoms with E-state index in [1.165, 1.54) is 11.8 Å². The Labute approximate surface area is 158 Å². The molecule has 2 aromatic carbocycles. The van der Waals surface area contributed by atoms with E-state index in [9.17, 15) is 4.79 Å². The van der Waals surface area contributed by atoms with E-state index in [1.54, 1.807) is 18.3 Å². The maximum atomic E-state index is 12.8. The number of para-hydroxylation sites is 1. The number of thioether (sulfide) groups is 1. The number of fused-ring (bicyclic) bond motifs is 1. The van der Waals surface area contributed by atoms with E-state index in [-0.39, 0.29) is 11.0 Å². The summed E-state index contributed by atoms with van der Waals surface area (Å²) >= 11 is 7.13. The molecule has 0 amide bonds. The second kappa shape index (κ2) is 6.97. The number of hydrogen-bond acceptors (Lipinski definition) is 5. The first-order valence-electron chi connectivity index (χ1n) is 7.98. The molecular formula is C19H14ClN3O2S. The van der Waals surface area contributed by atoms with Crippen LogP contribution in [0.2, 0.25) is 5.02 Å². The SMILES string of the molecule is CC(Sc1nnc(-c2ccc(Cl)cc2)o1)C(=O)c1c[nH]c2ccccc12. The van der Waals surface area contributed by atoms with E-state index in [4.69, 9.17) is 16.0 Å². The molecule has 0 aliphatic heterocycles. The molecular weight excluding hydrogens is 370 g/mol. The maximum absolute atomic E-state index is 12.8. The molecule has 1 atom stereocenters. The van der Waals surface area contributed by atoms with Gasteiger partial charge in [0.1, 0.15) is 0 Å². The molecule has 2 aromatic heterocycles. The Morgan fingerprint density at radius 2 is 1.92 bits per heavy atom. The summed E-state index contributed by atoms with van der Waals surface area (Å²) in [6, 6.07) is 14.9. The van der Waals surface area contributed by atoms with Crippen molar-refractivity contribution in [1.29, 1.82) is 0 Å². The van der Waals surface area contributed by atoms with E-state index in [0.717, 1.165) is 16.5 Å². The molecule has 0 saturated heterocycles. The molecule has 0 radical (unpaired) electrons. The van der Waals surface area contributed by atoms with Gasteiger partial charge in [-0.05, 0) is 37.3 Å². The van der Waals surface area contributed by atoms with Gasteiger partial charge in [-0.15, -0.1) is 10.2 Å². The van der Waals surface area contributed by atoms with Gasteiger partial charge in [-0.25, -0.2) is 0 Å². The highest BCUT2D eigenvalue weighted by Crippen LogP contribution is 2.29. The van der Waals surface area contributed by atoms with Crippen LogP contribution in [0, 0.1) is 0 Å². The molecule has 7 heteroatoms. The predicted molar refractivity (Wildman–Crippen MR) is 103 cm³/mol. The standard InChI is InChI=1S/C19H14ClN3O2S/c1-11(17(24)15-10-21-16-5-3-2-4-14(15)16)26-19-23-22-18(25-19)12-6-8-13(20)9-7-12/h2-11,21H,1H3. The molecule has 1 unspecified atom stereocenters. The Morgan fingerprint density at radius 1 is 1.15 bits per heavy atom. The molecule has 0 aliphatic carbocycles. The molecule has 4 aromatic rings. The van der Waals surface area contributed by atoms with Crippen LogP contribution in [0.3, 0.4) is 0 Å². The molecule has 5 nitrogen and oxygen atoms in total. The van der Waals surface area contributed by atoms with Gasteiger partial charge in [0.2, 0.25) is 5.89 Å². The lowest BCUT2D eigenvalue weighted by Gasteiger charge is -2.06. The second-order valence-corrected chi connectivity index (χ2v) is 7.48. The van der Waals surface area contributed by atoms with E-state index in [1.807, 2.05) is 43.3 Å². The smallest absolute Gasteiger partial charge is 0.277 e. The number of benzene rings is 2. The lowest BCUT2D eigenvalue weighted by molar-refractivity contribution is 0.0995. The Bertz CT molecular complexity index is 1070. The number of rotatable bonds is 5. The van der Waals surface area contributed by atoms with Crippen LogP contribution < -0.4 is 0 Å². The van der Waals surface area contributed by atoms with Crippen molar-refractivity contribution in [2.24, 2.45) is 0 Å². The average Bonchev–Trinajstić information content (AvgIpc) is 3.29. The van der Waals surface area contributed by atoms with Gasteiger partial charge in [0.25, 0.3) is 5.22 Å². The van der Waals surface area contributed by atoms with E-state index < -0.39 is 0 Å². The topological polar surface area (TPSA) is 71.8 Å². The van der Waals surface area contributed by atoms with E-state index in [0.29, 0.717) is 21.7 Å². The number of nitrogens with one attached hydrogen (secondary N) is 1. The summed E-state index contributed by atoms with van der Waals surface area (Å²) in [6.45, 7) is 1.83. The molecule has 4 rings (SSSR count). The first-order chi connectivity index (χ1) is 12.6.